The zero-order chi connectivity index (χ0) is 25.8. The quantitative estimate of drug-likeness (QED) is 0.207. The van der Waals surface area contributed by atoms with E-state index < -0.39 is 17.7 Å². The maximum atomic E-state index is 13.5. The first-order chi connectivity index (χ1) is 16.6. The van der Waals surface area contributed by atoms with Crippen LogP contribution < -0.4 is 16.4 Å². The molecule has 0 bridgehead atoms. The number of fused-ring (bicyclic) bond motifs is 1. The van der Waals surface area contributed by atoms with Crippen LogP contribution in [0.15, 0.2) is 23.2 Å². The van der Waals surface area contributed by atoms with E-state index in [9.17, 15) is 9.90 Å². The summed E-state index contributed by atoms with van der Waals surface area (Å²) in [6.45, 7) is 11.4. The predicted molar refractivity (Wildman–Crippen MR) is 142 cm³/mol. The van der Waals surface area contributed by atoms with Gasteiger partial charge in [0.05, 0.1) is 29.6 Å². The van der Waals surface area contributed by atoms with Crippen molar-refractivity contribution in [2.45, 2.75) is 95.9 Å². The molecule has 1 aliphatic carbocycles. The topological polar surface area (TPSA) is 103 Å². The number of likely N-dealkylation sites (tertiary alicyclic amines) is 1. The van der Waals surface area contributed by atoms with Crippen LogP contribution in [0.3, 0.4) is 0 Å². The number of nitrogens with zero attached hydrogens (tertiary/aromatic N) is 2. The summed E-state index contributed by atoms with van der Waals surface area (Å²) in [5.74, 6) is 3.42. The maximum absolute atomic E-state index is 13.5. The summed E-state index contributed by atoms with van der Waals surface area (Å²) < 4.78 is 0. The summed E-state index contributed by atoms with van der Waals surface area (Å²) in [7, 11) is 1.96. The van der Waals surface area contributed by atoms with E-state index in [1.807, 2.05) is 40.0 Å². The number of nitrogens with two attached hydrogens (primary N) is 1. The SMILES string of the molecule is CCC#CNCC(N=C(N)CC)C1(C)C(O)C(NC(=O)c2cccc3c2CCCC3(C)C)CN1C. The Balaban J connectivity index is 1.84. The lowest BCUT2D eigenvalue weighted by atomic mass is 9.71. The van der Waals surface area contributed by atoms with Crippen LogP contribution in [0.5, 0.6) is 0 Å². The van der Waals surface area contributed by atoms with Gasteiger partial charge in [-0.05, 0) is 55.8 Å². The summed E-state index contributed by atoms with van der Waals surface area (Å²) in [5.41, 5.74) is 8.57. The van der Waals surface area contributed by atoms with Crippen molar-refractivity contribution in [2.75, 3.05) is 20.1 Å². The molecular weight excluding hydrogens is 438 g/mol. The van der Waals surface area contributed by atoms with Crippen molar-refractivity contribution in [3.05, 3.63) is 34.9 Å². The Hall–Kier alpha value is -2.56. The molecule has 0 saturated carbocycles. The third-order valence-electron chi connectivity index (χ3n) is 7.98. The number of nitrogens with one attached hydrogen (secondary N) is 2. The van der Waals surface area contributed by atoms with E-state index in [1.165, 1.54) is 5.56 Å². The monoisotopic (exact) mass is 481 g/mol. The molecule has 4 unspecified atom stereocenters. The molecule has 0 aromatic heterocycles. The number of likely N-dealkylation sites (N-methyl/N-ethyl adjacent to an activating group) is 1. The highest BCUT2D eigenvalue weighted by molar-refractivity contribution is 5.96. The van der Waals surface area contributed by atoms with Crippen LogP contribution in [0.2, 0.25) is 0 Å². The van der Waals surface area contributed by atoms with E-state index in [-0.39, 0.29) is 17.4 Å². The zero-order valence-electron chi connectivity index (χ0n) is 22.2. The normalized spacial score (nSPS) is 26.9. The first-order valence-corrected chi connectivity index (χ1v) is 12.9. The summed E-state index contributed by atoms with van der Waals surface area (Å²) in [4.78, 5) is 20.3. The van der Waals surface area contributed by atoms with Gasteiger partial charge in [0.1, 0.15) is 0 Å². The molecule has 7 heteroatoms. The number of carbonyl (C=O) groups excluding carboxylic acids is 1. The summed E-state index contributed by atoms with van der Waals surface area (Å²) >= 11 is 0. The first-order valence-electron chi connectivity index (χ1n) is 12.9. The molecule has 0 radical (unpaired) electrons. The number of aliphatic imine (C=N–C) groups is 1. The Morgan fingerprint density at radius 3 is 2.77 bits per heavy atom. The van der Waals surface area contributed by atoms with E-state index in [0.717, 1.165) is 36.8 Å². The minimum absolute atomic E-state index is 0.0631. The molecule has 1 amide bonds. The smallest absolute Gasteiger partial charge is 0.251 e. The number of carbonyl (C=O) groups is 1. The molecule has 1 saturated heterocycles. The van der Waals surface area contributed by atoms with Crippen LogP contribution >= 0.6 is 0 Å². The fraction of sp³-hybridized carbons (Fsp3) is 0.643. The highest BCUT2D eigenvalue weighted by Gasteiger charge is 2.53. The largest absolute Gasteiger partial charge is 0.389 e. The van der Waals surface area contributed by atoms with Crippen LogP contribution in [-0.2, 0) is 11.8 Å². The predicted octanol–water partition coefficient (Wildman–Crippen LogP) is 2.56. The number of amides is 1. The van der Waals surface area contributed by atoms with Gasteiger partial charge < -0.3 is 21.5 Å². The highest BCUT2D eigenvalue weighted by atomic mass is 16.3. The molecule has 2 aliphatic rings. The van der Waals surface area contributed by atoms with Gasteiger partial charge in [-0.25, -0.2) is 0 Å². The fourth-order valence-corrected chi connectivity index (χ4v) is 5.56. The number of aliphatic hydroxyl groups is 1. The molecule has 7 nitrogen and oxygen atoms in total. The van der Waals surface area contributed by atoms with Gasteiger partial charge in [0.15, 0.2) is 0 Å². The molecular formula is C28H43N5O2. The molecule has 35 heavy (non-hydrogen) atoms. The third kappa shape index (κ3) is 5.49. The second-order valence-electron chi connectivity index (χ2n) is 10.7. The Kier molecular flexibility index (Phi) is 8.50. The zero-order valence-corrected chi connectivity index (χ0v) is 22.2. The van der Waals surface area contributed by atoms with Gasteiger partial charge in [-0.15, -0.1) is 0 Å². The number of hydrogen-bond acceptors (Lipinski definition) is 5. The van der Waals surface area contributed by atoms with Crippen LogP contribution in [0.1, 0.15) is 81.8 Å². The maximum Gasteiger partial charge on any atom is 0.251 e. The number of aliphatic hydroxyl groups excluding tert-OH is 1. The molecule has 1 aromatic rings. The van der Waals surface area contributed by atoms with Crippen LogP contribution in [0.4, 0.5) is 0 Å². The number of benzene rings is 1. The second kappa shape index (κ2) is 11.0. The minimum atomic E-state index is -0.827. The highest BCUT2D eigenvalue weighted by Crippen LogP contribution is 2.38. The van der Waals surface area contributed by atoms with Crippen molar-refractivity contribution in [1.29, 1.82) is 0 Å². The number of amidine groups is 1. The van der Waals surface area contributed by atoms with Crippen LogP contribution in [-0.4, -0.2) is 65.6 Å². The molecule has 5 N–H and O–H groups in total. The van der Waals surface area contributed by atoms with Crippen molar-refractivity contribution in [3.63, 3.8) is 0 Å². The van der Waals surface area contributed by atoms with E-state index in [2.05, 4.69) is 47.4 Å². The Morgan fingerprint density at radius 1 is 1.34 bits per heavy atom. The first kappa shape index (κ1) is 27.0. The molecule has 0 spiro atoms. The molecule has 1 aliphatic heterocycles. The Labute approximate surface area is 210 Å². The Bertz CT molecular complexity index is 1010. The number of hydrogen-bond donors (Lipinski definition) is 4. The molecule has 4 atom stereocenters. The lowest BCUT2D eigenvalue weighted by Gasteiger charge is -2.40. The average Bonchev–Trinajstić information content (AvgIpc) is 3.04. The molecule has 192 valence electrons. The van der Waals surface area contributed by atoms with E-state index in [4.69, 9.17) is 10.7 Å². The van der Waals surface area contributed by atoms with Gasteiger partial charge in [-0.2, -0.15) is 0 Å². The van der Waals surface area contributed by atoms with Crippen molar-refractivity contribution in [2.24, 2.45) is 10.7 Å². The van der Waals surface area contributed by atoms with Crippen molar-refractivity contribution in [3.8, 4) is 12.0 Å². The lowest BCUT2D eigenvalue weighted by Crippen LogP contribution is -2.59. The standard InChI is InChI=1S/C28H43N5O2/c1-7-9-16-30-17-23(32-24(29)8-2)28(5)25(34)22(18-33(28)6)31-26(35)20-12-10-14-21-19(20)13-11-15-27(21,3)4/h10,12,14,22-23,25,30,34H,7-8,11,13,15,17-18H2,1-6H3,(H2,29,32)(H,31,35). The van der Waals surface area contributed by atoms with Crippen LogP contribution in [0, 0.1) is 12.0 Å². The van der Waals surface area contributed by atoms with Gasteiger partial charge in [0, 0.05) is 37.5 Å². The minimum Gasteiger partial charge on any atom is -0.389 e. The summed E-state index contributed by atoms with van der Waals surface area (Å²) in [6.07, 6.45) is 3.66. The van der Waals surface area contributed by atoms with Gasteiger partial charge in [-0.3, -0.25) is 14.7 Å². The third-order valence-corrected chi connectivity index (χ3v) is 7.98. The van der Waals surface area contributed by atoms with Crippen molar-refractivity contribution < 1.29 is 9.90 Å². The van der Waals surface area contributed by atoms with Gasteiger partial charge in [-0.1, -0.05) is 45.7 Å². The van der Waals surface area contributed by atoms with Gasteiger partial charge >= 0.3 is 0 Å². The Morgan fingerprint density at radius 2 is 2.09 bits per heavy atom. The summed E-state index contributed by atoms with van der Waals surface area (Å²) in [5, 5.41) is 17.8. The molecule has 1 heterocycles. The molecule has 1 fully saturated rings. The fourth-order valence-electron chi connectivity index (χ4n) is 5.56. The van der Waals surface area contributed by atoms with Crippen molar-refractivity contribution in [1.82, 2.24) is 15.5 Å². The van der Waals surface area contributed by atoms with Gasteiger partial charge in [0.25, 0.3) is 5.91 Å². The molecule has 1 aromatic carbocycles. The number of rotatable bonds is 7. The van der Waals surface area contributed by atoms with Crippen molar-refractivity contribution >= 4 is 11.7 Å². The second-order valence-corrected chi connectivity index (χ2v) is 10.7. The van der Waals surface area contributed by atoms with E-state index in [1.54, 1.807) is 0 Å². The van der Waals surface area contributed by atoms with E-state index >= 15 is 0 Å². The summed E-state index contributed by atoms with van der Waals surface area (Å²) in [6, 6.07) is 8.22. The lowest BCUT2D eigenvalue weighted by molar-refractivity contribution is 0.0274. The molecule has 3 rings (SSSR count). The van der Waals surface area contributed by atoms with E-state index in [0.29, 0.717) is 25.3 Å². The van der Waals surface area contributed by atoms with Crippen LogP contribution in [0.25, 0.3) is 0 Å². The average molecular weight is 482 g/mol. The van der Waals surface area contributed by atoms with Gasteiger partial charge in [0.2, 0.25) is 0 Å².